The number of anilines is 1. The Morgan fingerprint density at radius 2 is 1.66 bits per heavy atom. The van der Waals surface area contributed by atoms with Gasteiger partial charge in [-0.2, -0.15) is 0 Å². The van der Waals surface area contributed by atoms with Gasteiger partial charge in [-0.15, -0.1) is 0 Å². The van der Waals surface area contributed by atoms with Gasteiger partial charge in [0, 0.05) is 42.2 Å². The number of fused-ring (bicyclic) bond motifs is 2. The normalized spacial score (nSPS) is 12.6. The van der Waals surface area contributed by atoms with E-state index >= 15 is 0 Å². The second-order valence-corrected chi connectivity index (χ2v) is 6.73. The van der Waals surface area contributed by atoms with E-state index in [1.54, 1.807) is 26.6 Å². The van der Waals surface area contributed by atoms with Crippen molar-refractivity contribution in [1.29, 1.82) is 0 Å². The van der Waals surface area contributed by atoms with Crippen molar-refractivity contribution < 1.29 is 19.0 Å². The molecule has 1 aliphatic rings. The Morgan fingerprint density at radius 1 is 1.00 bits per heavy atom. The van der Waals surface area contributed by atoms with Crippen molar-refractivity contribution in [2.24, 2.45) is 0 Å². The molecule has 2 heterocycles. The van der Waals surface area contributed by atoms with E-state index in [-0.39, 0.29) is 12.6 Å². The SMILES string of the molecule is CCN(CC)c1ncc(-c2c3c(cc4cc(OC)c(OC)cc24)COC3=O)cn1. The Bertz CT molecular complexity index is 1080. The van der Waals surface area contributed by atoms with Gasteiger partial charge in [0.25, 0.3) is 0 Å². The maximum Gasteiger partial charge on any atom is 0.339 e. The number of carbonyl (C=O) groups is 1. The maximum absolute atomic E-state index is 12.5. The largest absolute Gasteiger partial charge is 0.493 e. The zero-order valence-electron chi connectivity index (χ0n) is 17.0. The summed E-state index contributed by atoms with van der Waals surface area (Å²) in [6.45, 7) is 6.03. The van der Waals surface area contributed by atoms with Crippen molar-refractivity contribution in [3.05, 3.63) is 41.7 Å². The number of carbonyl (C=O) groups excluding carboxylic acids is 1. The van der Waals surface area contributed by atoms with Crippen molar-refractivity contribution in [1.82, 2.24) is 9.97 Å². The summed E-state index contributed by atoms with van der Waals surface area (Å²) in [5.74, 6) is 1.55. The first-order chi connectivity index (χ1) is 14.1. The highest BCUT2D eigenvalue weighted by atomic mass is 16.5. The Kier molecular flexibility index (Phi) is 4.96. The third kappa shape index (κ3) is 3.12. The lowest BCUT2D eigenvalue weighted by atomic mass is 9.91. The number of ether oxygens (including phenoxy) is 3. The highest BCUT2D eigenvalue weighted by Crippen LogP contribution is 2.42. The van der Waals surface area contributed by atoms with E-state index in [0.29, 0.717) is 23.0 Å². The van der Waals surface area contributed by atoms with Crippen LogP contribution in [0.2, 0.25) is 0 Å². The lowest BCUT2D eigenvalue weighted by molar-refractivity contribution is 0.0535. The van der Waals surface area contributed by atoms with Crippen LogP contribution in [0.1, 0.15) is 29.8 Å². The molecule has 7 nitrogen and oxygen atoms in total. The molecule has 0 N–H and O–H groups in total. The van der Waals surface area contributed by atoms with Crippen LogP contribution < -0.4 is 14.4 Å². The van der Waals surface area contributed by atoms with Crippen LogP contribution >= 0.6 is 0 Å². The molecule has 150 valence electrons. The van der Waals surface area contributed by atoms with E-state index in [9.17, 15) is 4.79 Å². The number of rotatable bonds is 6. The van der Waals surface area contributed by atoms with Crippen molar-refractivity contribution in [3.8, 4) is 22.6 Å². The Labute approximate surface area is 169 Å². The quantitative estimate of drug-likeness (QED) is 0.589. The molecule has 0 spiro atoms. The van der Waals surface area contributed by atoms with E-state index < -0.39 is 0 Å². The number of hydrogen-bond acceptors (Lipinski definition) is 7. The molecule has 0 saturated carbocycles. The first-order valence-electron chi connectivity index (χ1n) is 9.57. The minimum atomic E-state index is -0.334. The lowest BCUT2D eigenvalue weighted by Gasteiger charge is -2.19. The molecule has 1 aliphatic heterocycles. The number of hydrogen-bond donors (Lipinski definition) is 0. The summed E-state index contributed by atoms with van der Waals surface area (Å²) in [5, 5.41) is 1.79. The fourth-order valence-corrected chi connectivity index (χ4v) is 3.77. The monoisotopic (exact) mass is 393 g/mol. The fourth-order valence-electron chi connectivity index (χ4n) is 3.77. The van der Waals surface area contributed by atoms with Gasteiger partial charge in [-0.1, -0.05) is 0 Å². The number of nitrogens with zero attached hydrogens (tertiary/aromatic N) is 3. The first kappa shape index (κ1) is 19.0. The Hall–Kier alpha value is -3.35. The molecule has 0 bridgehead atoms. The molecular weight excluding hydrogens is 370 g/mol. The minimum absolute atomic E-state index is 0.254. The second kappa shape index (κ2) is 7.58. The van der Waals surface area contributed by atoms with Crippen molar-refractivity contribution >= 4 is 22.7 Å². The van der Waals surface area contributed by atoms with Gasteiger partial charge in [0.05, 0.1) is 19.8 Å². The molecule has 4 rings (SSSR count). The zero-order valence-corrected chi connectivity index (χ0v) is 17.0. The van der Waals surface area contributed by atoms with Crippen molar-refractivity contribution in [2.75, 3.05) is 32.2 Å². The summed E-state index contributed by atoms with van der Waals surface area (Å²) in [5.41, 5.74) is 2.92. The predicted molar refractivity (Wildman–Crippen MR) is 111 cm³/mol. The molecule has 0 fully saturated rings. The van der Waals surface area contributed by atoms with Crippen LogP contribution in [-0.4, -0.2) is 43.2 Å². The highest BCUT2D eigenvalue weighted by molar-refractivity contribution is 6.11. The Morgan fingerprint density at radius 3 is 2.28 bits per heavy atom. The van der Waals surface area contributed by atoms with Crippen LogP contribution in [0, 0.1) is 0 Å². The van der Waals surface area contributed by atoms with E-state index in [1.165, 1.54) is 0 Å². The van der Waals surface area contributed by atoms with Gasteiger partial charge in [0.15, 0.2) is 11.5 Å². The van der Waals surface area contributed by atoms with Crippen molar-refractivity contribution in [2.45, 2.75) is 20.5 Å². The molecule has 0 saturated heterocycles. The molecule has 0 aliphatic carbocycles. The molecule has 2 aromatic carbocycles. The summed E-state index contributed by atoms with van der Waals surface area (Å²) in [7, 11) is 3.19. The summed E-state index contributed by atoms with van der Waals surface area (Å²) < 4.78 is 16.2. The van der Waals surface area contributed by atoms with E-state index in [0.717, 1.165) is 40.6 Å². The lowest BCUT2D eigenvalue weighted by Crippen LogP contribution is -2.23. The average molecular weight is 393 g/mol. The van der Waals surface area contributed by atoms with Gasteiger partial charge in [-0.25, -0.2) is 14.8 Å². The Balaban J connectivity index is 1.97. The van der Waals surface area contributed by atoms with Crippen LogP contribution in [0.25, 0.3) is 21.9 Å². The minimum Gasteiger partial charge on any atom is -0.493 e. The molecule has 1 aromatic heterocycles. The summed E-state index contributed by atoms with van der Waals surface area (Å²) in [4.78, 5) is 23.7. The summed E-state index contributed by atoms with van der Waals surface area (Å²) in [6, 6.07) is 5.76. The zero-order chi connectivity index (χ0) is 20.5. The number of aromatic nitrogens is 2. The topological polar surface area (TPSA) is 73.8 Å². The number of benzene rings is 2. The molecule has 7 heteroatoms. The van der Waals surface area contributed by atoms with Crippen molar-refractivity contribution in [3.63, 3.8) is 0 Å². The van der Waals surface area contributed by atoms with Gasteiger partial charge in [-0.05, 0) is 42.8 Å². The first-order valence-corrected chi connectivity index (χ1v) is 9.57. The van der Waals surface area contributed by atoms with Gasteiger partial charge >= 0.3 is 5.97 Å². The molecule has 0 unspecified atom stereocenters. The van der Waals surface area contributed by atoms with Crippen LogP contribution in [0.3, 0.4) is 0 Å². The summed E-state index contributed by atoms with van der Waals surface area (Å²) in [6.07, 6.45) is 3.52. The summed E-state index contributed by atoms with van der Waals surface area (Å²) >= 11 is 0. The maximum atomic E-state index is 12.5. The predicted octanol–water partition coefficient (Wildman–Crippen LogP) is 3.83. The van der Waals surface area contributed by atoms with E-state index in [4.69, 9.17) is 14.2 Å². The molecule has 0 atom stereocenters. The molecular formula is C22H23N3O4. The molecule has 29 heavy (non-hydrogen) atoms. The second-order valence-electron chi connectivity index (χ2n) is 6.73. The molecule has 3 aromatic rings. The fraction of sp³-hybridized carbons (Fsp3) is 0.318. The molecule has 0 amide bonds. The van der Waals surface area contributed by atoms with Crippen LogP contribution in [-0.2, 0) is 11.3 Å². The smallest absolute Gasteiger partial charge is 0.339 e. The van der Waals surface area contributed by atoms with Gasteiger partial charge < -0.3 is 19.1 Å². The van der Waals surface area contributed by atoms with Gasteiger partial charge in [0.2, 0.25) is 5.95 Å². The number of esters is 1. The molecule has 0 radical (unpaired) electrons. The third-order valence-electron chi connectivity index (χ3n) is 5.26. The van der Waals surface area contributed by atoms with Gasteiger partial charge in [0.1, 0.15) is 6.61 Å². The third-order valence-corrected chi connectivity index (χ3v) is 5.26. The van der Waals surface area contributed by atoms with Crippen LogP contribution in [0.4, 0.5) is 5.95 Å². The standard InChI is InChI=1S/C22H23N3O4/c1-5-25(6-2)22-23-10-15(11-24-22)19-16-9-18(28-4)17(27-3)8-13(16)7-14-12-29-21(26)20(14)19/h7-11H,5-6,12H2,1-4H3. The van der Waals surface area contributed by atoms with E-state index in [1.807, 2.05) is 18.2 Å². The van der Waals surface area contributed by atoms with Crippen LogP contribution in [0.5, 0.6) is 11.5 Å². The highest BCUT2D eigenvalue weighted by Gasteiger charge is 2.28. The van der Waals surface area contributed by atoms with Crippen LogP contribution in [0.15, 0.2) is 30.6 Å². The average Bonchev–Trinajstić information content (AvgIpc) is 3.12. The number of methoxy groups -OCH3 is 2. The van der Waals surface area contributed by atoms with E-state index in [2.05, 4.69) is 28.7 Å². The number of cyclic esters (lactones) is 1. The van der Waals surface area contributed by atoms with Gasteiger partial charge in [-0.3, -0.25) is 0 Å².